The van der Waals surface area contributed by atoms with Crippen molar-refractivity contribution < 1.29 is 14.1 Å². The molecular formula is C19H15N5O4S. The monoisotopic (exact) mass is 409 g/mol. The molecule has 10 heteroatoms. The van der Waals surface area contributed by atoms with Crippen molar-refractivity contribution in [2.45, 2.75) is 16.6 Å². The molecular weight excluding hydrogens is 394 g/mol. The lowest BCUT2D eigenvalue weighted by Crippen LogP contribution is -2.23. The Morgan fingerprint density at radius 3 is 2.93 bits per heavy atom. The number of carbonyl (C=O) groups is 1. The topological polar surface area (TPSA) is 127 Å². The fourth-order valence-corrected chi connectivity index (χ4v) is 3.28. The van der Waals surface area contributed by atoms with Gasteiger partial charge in [-0.1, -0.05) is 6.07 Å². The lowest BCUT2D eigenvalue weighted by atomic mass is 10.1. The van der Waals surface area contributed by atoms with Crippen LogP contribution in [0.5, 0.6) is 0 Å². The molecule has 9 nitrogen and oxygen atoms in total. The van der Waals surface area contributed by atoms with Crippen LogP contribution in [-0.2, 0) is 18.4 Å². The first-order chi connectivity index (χ1) is 14.0. The Morgan fingerprint density at radius 1 is 1.48 bits per heavy atom. The number of furan rings is 1. The van der Waals surface area contributed by atoms with E-state index in [2.05, 4.69) is 10.3 Å². The van der Waals surface area contributed by atoms with Crippen LogP contribution in [-0.4, -0.2) is 20.4 Å². The molecule has 0 saturated heterocycles. The van der Waals surface area contributed by atoms with Crippen LogP contribution in [0.15, 0.2) is 69.0 Å². The molecule has 1 aromatic carbocycles. The van der Waals surface area contributed by atoms with Crippen LogP contribution in [0.3, 0.4) is 0 Å². The number of nitrogens with zero attached hydrogens (tertiary/aromatic N) is 4. The standard InChI is InChI=1S/C19H15N5O4S/c1-23-7-6-21-19(23)29-17-5-4-13(10-16(17)24(26)27)9-14(11-20)18(25)22-12-15-3-2-8-28-15/h2-10H,12H2,1H3,(H,22,25)/b14-9+. The number of rotatable bonds is 7. The largest absolute Gasteiger partial charge is 0.467 e. The Morgan fingerprint density at radius 2 is 2.31 bits per heavy atom. The minimum Gasteiger partial charge on any atom is -0.467 e. The Balaban J connectivity index is 1.82. The van der Waals surface area contributed by atoms with Crippen LogP contribution in [0.2, 0.25) is 0 Å². The predicted octanol–water partition coefficient (Wildman–Crippen LogP) is 3.30. The molecule has 0 aliphatic rings. The van der Waals surface area contributed by atoms with Gasteiger partial charge in [-0.2, -0.15) is 5.26 Å². The van der Waals surface area contributed by atoms with E-state index in [1.807, 2.05) is 6.07 Å². The number of carbonyl (C=O) groups excluding carboxylic acids is 1. The third-order valence-corrected chi connectivity index (χ3v) is 4.98. The molecule has 0 fully saturated rings. The maximum atomic E-state index is 12.2. The quantitative estimate of drug-likeness (QED) is 0.274. The number of imidazole rings is 1. The van der Waals surface area contributed by atoms with E-state index in [4.69, 9.17) is 4.42 Å². The number of nitrogens with one attached hydrogen (secondary N) is 1. The molecule has 1 N–H and O–H groups in total. The smallest absolute Gasteiger partial charge is 0.283 e. The second-order valence-electron chi connectivity index (χ2n) is 5.84. The molecule has 0 atom stereocenters. The van der Waals surface area contributed by atoms with Gasteiger partial charge in [0.05, 0.1) is 22.6 Å². The Hall–Kier alpha value is -3.84. The molecule has 2 heterocycles. The van der Waals surface area contributed by atoms with Gasteiger partial charge in [0.1, 0.15) is 17.4 Å². The highest BCUT2D eigenvalue weighted by Crippen LogP contribution is 2.34. The van der Waals surface area contributed by atoms with Crippen LogP contribution >= 0.6 is 11.8 Å². The molecule has 146 valence electrons. The number of nitriles is 1. The number of aromatic nitrogens is 2. The number of nitro groups is 1. The number of hydrogen-bond donors (Lipinski definition) is 1. The third-order valence-electron chi connectivity index (χ3n) is 3.84. The van der Waals surface area contributed by atoms with Gasteiger partial charge in [-0.05, 0) is 41.6 Å². The first-order valence-electron chi connectivity index (χ1n) is 8.34. The summed E-state index contributed by atoms with van der Waals surface area (Å²) in [6.45, 7) is 0.129. The maximum absolute atomic E-state index is 12.2. The van der Waals surface area contributed by atoms with Gasteiger partial charge in [0.25, 0.3) is 11.6 Å². The van der Waals surface area contributed by atoms with Crippen LogP contribution in [0.25, 0.3) is 6.08 Å². The molecule has 29 heavy (non-hydrogen) atoms. The van der Waals surface area contributed by atoms with Crippen molar-refractivity contribution in [1.82, 2.24) is 14.9 Å². The molecule has 0 bridgehead atoms. The molecule has 0 spiro atoms. The highest BCUT2D eigenvalue weighted by Gasteiger charge is 2.18. The van der Waals surface area contributed by atoms with E-state index in [1.165, 1.54) is 18.4 Å². The Kier molecular flexibility index (Phi) is 6.11. The average Bonchev–Trinajstić information content (AvgIpc) is 3.37. The first-order valence-corrected chi connectivity index (χ1v) is 9.15. The van der Waals surface area contributed by atoms with Gasteiger partial charge in [0, 0.05) is 25.5 Å². The van der Waals surface area contributed by atoms with Crippen molar-refractivity contribution in [2.24, 2.45) is 7.05 Å². The summed E-state index contributed by atoms with van der Waals surface area (Å²) < 4.78 is 6.87. The SMILES string of the molecule is Cn1ccnc1Sc1ccc(/C=C(\C#N)C(=O)NCc2ccco2)cc1[N+](=O)[O-]. The van der Waals surface area contributed by atoms with Crippen LogP contribution in [0, 0.1) is 21.4 Å². The van der Waals surface area contributed by atoms with E-state index >= 15 is 0 Å². The van der Waals surface area contributed by atoms with E-state index in [-0.39, 0.29) is 17.8 Å². The zero-order valence-corrected chi connectivity index (χ0v) is 16.0. The van der Waals surface area contributed by atoms with Gasteiger partial charge < -0.3 is 14.3 Å². The van der Waals surface area contributed by atoms with Crippen molar-refractivity contribution in [3.63, 3.8) is 0 Å². The third kappa shape index (κ3) is 4.91. The Labute approximate surface area is 169 Å². The summed E-state index contributed by atoms with van der Waals surface area (Å²) in [7, 11) is 1.79. The molecule has 0 aliphatic carbocycles. The molecule has 0 radical (unpaired) electrons. The van der Waals surface area contributed by atoms with Crippen molar-refractivity contribution in [3.05, 3.63) is 76.0 Å². The minimum absolute atomic E-state index is 0.129. The van der Waals surface area contributed by atoms with E-state index in [1.54, 1.807) is 48.3 Å². The number of benzene rings is 1. The van der Waals surface area contributed by atoms with Crippen molar-refractivity contribution in [3.8, 4) is 6.07 Å². The average molecular weight is 409 g/mol. The highest BCUT2D eigenvalue weighted by atomic mass is 32.2. The first kappa shape index (κ1) is 19.9. The fourth-order valence-electron chi connectivity index (χ4n) is 2.39. The molecule has 0 saturated carbocycles. The van der Waals surface area contributed by atoms with Crippen molar-refractivity contribution in [2.75, 3.05) is 0 Å². The van der Waals surface area contributed by atoms with Crippen LogP contribution < -0.4 is 5.32 Å². The normalized spacial score (nSPS) is 11.1. The summed E-state index contributed by atoms with van der Waals surface area (Å²) in [4.78, 5) is 27.8. The maximum Gasteiger partial charge on any atom is 0.283 e. The van der Waals surface area contributed by atoms with Crippen LogP contribution in [0.1, 0.15) is 11.3 Å². The van der Waals surface area contributed by atoms with Crippen molar-refractivity contribution in [1.29, 1.82) is 5.26 Å². The zero-order chi connectivity index (χ0) is 20.8. The van der Waals surface area contributed by atoms with Gasteiger partial charge in [0.15, 0.2) is 5.16 Å². The summed E-state index contributed by atoms with van der Waals surface area (Å²) in [6, 6.07) is 9.69. The van der Waals surface area contributed by atoms with Gasteiger partial charge in [-0.3, -0.25) is 14.9 Å². The zero-order valence-electron chi connectivity index (χ0n) is 15.2. The van der Waals surface area contributed by atoms with Crippen molar-refractivity contribution >= 4 is 29.4 Å². The lowest BCUT2D eigenvalue weighted by molar-refractivity contribution is -0.387. The van der Waals surface area contributed by atoms with E-state index in [0.29, 0.717) is 21.4 Å². The number of aryl methyl sites for hydroxylation is 1. The van der Waals surface area contributed by atoms with E-state index in [9.17, 15) is 20.2 Å². The summed E-state index contributed by atoms with van der Waals surface area (Å²) in [6.07, 6.45) is 6.13. The van der Waals surface area contributed by atoms with Gasteiger partial charge in [-0.25, -0.2) is 4.98 Å². The molecule has 0 unspecified atom stereocenters. The molecule has 3 aromatic rings. The molecule has 2 aromatic heterocycles. The Bertz CT molecular complexity index is 1110. The predicted molar refractivity (Wildman–Crippen MR) is 105 cm³/mol. The van der Waals surface area contributed by atoms with E-state index in [0.717, 1.165) is 11.8 Å². The second-order valence-corrected chi connectivity index (χ2v) is 6.85. The minimum atomic E-state index is -0.599. The summed E-state index contributed by atoms with van der Waals surface area (Å²) in [5.74, 6) is -0.0556. The van der Waals surface area contributed by atoms with Gasteiger partial charge >= 0.3 is 0 Å². The molecule has 3 rings (SSSR count). The number of hydrogen-bond acceptors (Lipinski definition) is 7. The van der Waals surface area contributed by atoms with Crippen LogP contribution in [0.4, 0.5) is 5.69 Å². The fraction of sp³-hybridized carbons (Fsp3) is 0.105. The summed E-state index contributed by atoms with van der Waals surface area (Å²) in [5.41, 5.74) is 0.0565. The highest BCUT2D eigenvalue weighted by molar-refractivity contribution is 7.99. The van der Waals surface area contributed by atoms with E-state index < -0.39 is 10.8 Å². The molecule has 0 aliphatic heterocycles. The number of amides is 1. The van der Waals surface area contributed by atoms with Gasteiger partial charge in [0.2, 0.25) is 0 Å². The van der Waals surface area contributed by atoms with Gasteiger partial charge in [-0.15, -0.1) is 0 Å². The molecule has 1 amide bonds. The summed E-state index contributed by atoms with van der Waals surface area (Å²) in [5, 5.41) is 24.0. The second kappa shape index (κ2) is 8.90. The summed E-state index contributed by atoms with van der Waals surface area (Å²) >= 11 is 1.16. The number of nitro benzene ring substituents is 1. The lowest BCUT2D eigenvalue weighted by Gasteiger charge is -2.05.